The number of hydrogen-bond acceptors (Lipinski definition) is 2. The molecule has 1 aliphatic carbocycles. The van der Waals surface area contributed by atoms with E-state index < -0.39 is 11.2 Å². The highest BCUT2D eigenvalue weighted by Crippen LogP contribution is 2.30. The van der Waals surface area contributed by atoms with Gasteiger partial charge in [0.05, 0.1) is 11.2 Å². The number of allylic oxidation sites excluding steroid dienone is 4. The average Bonchev–Trinajstić information content (AvgIpc) is 2.24. The summed E-state index contributed by atoms with van der Waals surface area (Å²) in [5, 5.41) is 19.9. The minimum absolute atomic E-state index is 0.611. The van der Waals surface area contributed by atoms with Crippen LogP contribution in [0.2, 0.25) is 0 Å². The molecule has 0 bridgehead atoms. The van der Waals surface area contributed by atoms with Crippen LogP contribution in [0.15, 0.2) is 35.5 Å². The van der Waals surface area contributed by atoms with Crippen LogP contribution in [0.4, 0.5) is 0 Å². The van der Waals surface area contributed by atoms with E-state index in [0.717, 1.165) is 11.1 Å². The summed E-state index contributed by atoms with van der Waals surface area (Å²) in [6, 6.07) is 0. The van der Waals surface area contributed by atoms with Gasteiger partial charge >= 0.3 is 0 Å². The quantitative estimate of drug-likeness (QED) is 0.731. The second-order valence-corrected chi connectivity index (χ2v) is 5.06. The van der Waals surface area contributed by atoms with Crippen molar-refractivity contribution < 1.29 is 10.2 Å². The molecule has 0 saturated heterocycles. The molecule has 0 unspecified atom stereocenters. The fraction of sp³-hybridized carbons (Fsp3) is 0.538. The lowest BCUT2D eigenvalue weighted by Crippen LogP contribution is -2.27. The van der Waals surface area contributed by atoms with Gasteiger partial charge in [0.2, 0.25) is 0 Å². The lowest BCUT2D eigenvalue weighted by Gasteiger charge is -2.27. The molecule has 0 aromatic carbocycles. The topological polar surface area (TPSA) is 40.5 Å². The number of aliphatic hydroxyl groups is 2. The number of hydrogen-bond donors (Lipinski definition) is 2. The summed E-state index contributed by atoms with van der Waals surface area (Å²) >= 11 is 0. The van der Waals surface area contributed by atoms with Gasteiger partial charge in [-0.3, -0.25) is 0 Å². The van der Waals surface area contributed by atoms with E-state index in [1.807, 2.05) is 24.3 Å². The van der Waals surface area contributed by atoms with Gasteiger partial charge in [-0.15, -0.1) is 0 Å². The fourth-order valence-electron chi connectivity index (χ4n) is 1.51. The van der Waals surface area contributed by atoms with Crippen molar-refractivity contribution in [1.82, 2.24) is 0 Å². The van der Waals surface area contributed by atoms with Crippen LogP contribution in [0.3, 0.4) is 0 Å². The van der Waals surface area contributed by atoms with Gasteiger partial charge in [-0.05, 0) is 45.3 Å². The van der Waals surface area contributed by atoms with E-state index in [9.17, 15) is 10.2 Å². The first-order valence-corrected chi connectivity index (χ1v) is 5.23. The Morgan fingerprint density at radius 3 is 1.47 bits per heavy atom. The van der Waals surface area contributed by atoms with Crippen molar-refractivity contribution >= 4 is 0 Å². The van der Waals surface area contributed by atoms with Crippen molar-refractivity contribution in [3.8, 4) is 0 Å². The first-order chi connectivity index (χ1) is 6.71. The first-order valence-electron chi connectivity index (χ1n) is 5.23. The Bertz CT molecular complexity index is 287. The predicted molar refractivity (Wildman–Crippen MR) is 62.5 cm³/mol. The van der Waals surface area contributed by atoms with Crippen LogP contribution in [0.25, 0.3) is 0 Å². The van der Waals surface area contributed by atoms with Gasteiger partial charge in [0.15, 0.2) is 0 Å². The molecule has 2 heteroatoms. The molecule has 0 atom stereocenters. The molecule has 1 rings (SSSR count). The molecule has 0 heterocycles. The van der Waals surface area contributed by atoms with Crippen LogP contribution >= 0.6 is 0 Å². The molecular formula is C13H20O2. The van der Waals surface area contributed by atoms with Crippen molar-refractivity contribution in [3.63, 3.8) is 0 Å². The van der Waals surface area contributed by atoms with Crippen LogP contribution < -0.4 is 0 Å². The van der Waals surface area contributed by atoms with Gasteiger partial charge < -0.3 is 10.2 Å². The lowest BCUT2D eigenvalue weighted by molar-refractivity contribution is 0.103. The normalized spacial score (nSPS) is 18.3. The maximum Gasteiger partial charge on any atom is 0.0806 e. The smallest absolute Gasteiger partial charge is 0.0806 e. The summed E-state index contributed by atoms with van der Waals surface area (Å²) in [5.74, 6) is 0. The Morgan fingerprint density at radius 1 is 0.867 bits per heavy atom. The number of rotatable bonds is 2. The van der Waals surface area contributed by atoms with Crippen molar-refractivity contribution in [2.24, 2.45) is 0 Å². The van der Waals surface area contributed by atoms with E-state index >= 15 is 0 Å². The standard InChI is InChI=1S/C13H20O2/c1-12(2,14)10-7-5-6-8-11(9-10)13(3,4)15/h5-8,14-15H,9H2,1-4H3. The Kier molecular flexibility index (Phi) is 3.22. The SMILES string of the molecule is CC(C)(O)C1=CC=CC=C(C(C)(C)O)C1. The monoisotopic (exact) mass is 208 g/mol. The largest absolute Gasteiger partial charge is 0.386 e. The van der Waals surface area contributed by atoms with E-state index in [1.54, 1.807) is 27.7 Å². The van der Waals surface area contributed by atoms with E-state index in [0.29, 0.717) is 6.42 Å². The maximum atomic E-state index is 9.94. The van der Waals surface area contributed by atoms with Gasteiger partial charge in [0, 0.05) is 0 Å². The molecule has 0 radical (unpaired) electrons. The zero-order valence-electron chi connectivity index (χ0n) is 9.91. The third kappa shape index (κ3) is 3.33. The summed E-state index contributed by atoms with van der Waals surface area (Å²) in [4.78, 5) is 0. The summed E-state index contributed by atoms with van der Waals surface area (Å²) in [5.41, 5.74) is 0.173. The van der Waals surface area contributed by atoms with Gasteiger partial charge in [0.1, 0.15) is 0 Å². The molecular weight excluding hydrogens is 188 g/mol. The van der Waals surface area contributed by atoms with Crippen molar-refractivity contribution in [2.45, 2.75) is 45.3 Å². The molecule has 0 aromatic heterocycles. The molecule has 0 fully saturated rings. The van der Waals surface area contributed by atoms with E-state index in [-0.39, 0.29) is 0 Å². The maximum absolute atomic E-state index is 9.94. The summed E-state index contributed by atoms with van der Waals surface area (Å²) in [6.45, 7) is 7.06. The Morgan fingerprint density at radius 2 is 1.20 bits per heavy atom. The fourth-order valence-corrected chi connectivity index (χ4v) is 1.51. The average molecular weight is 208 g/mol. The second kappa shape index (κ2) is 3.95. The summed E-state index contributed by atoms with van der Waals surface area (Å²) in [7, 11) is 0. The summed E-state index contributed by atoms with van der Waals surface area (Å²) < 4.78 is 0. The highest BCUT2D eigenvalue weighted by Gasteiger charge is 2.26. The Balaban J connectivity index is 2.98. The zero-order chi connectivity index (χ0) is 11.7. The van der Waals surface area contributed by atoms with Gasteiger partial charge in [-0.2, -0.15) is 0 Å². The third-order valence-corrected chi connectivity index (χ3v) is 2.66. The molecule has 84 valence electrons. The van der Waals surface area contributed by atoms with Gasteiger partial charge in [-0.1, -0.05) is 24.3 Å². The molecule has 15 heavy (non-hydrogen) atoms. The first kappa shape index (κ1) is 12.2. The van der Waals surface area contributed by atoms with Crippen LogP contribution in [0, 0.1) is 0 Å². The molecule has 0 aromatic rings. The van der Waals surface area contributed by atoms with Crippen LogP contribution in [0.5, 0.6) is 0 Å². The van der Waals surface area contributed by atoms with Crippen molar-refractivity contribution in [2.75, 3.05) is 0 Å². The third-order valence-electron chi connectivity index (χ3n) is 2.66. The molecule has 0 spiro atoms. The van der Waals surface area contributed by atoms with Crippen molar-refractivity contribution in [1.29, 1.82) is 0 Å². The Labute approximate surface area is 91.6 Å². The molecule has 2 N–H and O–H groups in total. The molecule has 2 nitrogen and oxygen atoms in total. The minimum Gasteiger partial charge on any atom is -0.386 e. The van der Waals surface area contributed by atoms with Gasteiger partial charge in [-0.25, -0.2) is 0 Å². The Hall–Kier alpha value is -0.860. The molecule has 0 amide bonds. The zero-order valence-corrected chi connectivity index (χ0v) is 9.91. The second-order valence-electron chi connectivity index (χ2n) is 5.06. The van der Waals surface area contributed by atoms with Gasteiger partial charge in [0.25, 0.3) is 0 Å². The van der Waals surface area contributed by atoms with Crippen LogP contribution in [-0.2, 0) is 0 Å². The highest BCUT2D eigenvalue weighted by atomic mass is 16.3. The summed E-state index contributed by atoms with van der Waals surface area (Å²) in [6.07, 6.45) is 8.22. The lowest BCUT2D eigenvalue weighted by atomic mass is 9.86. The highest BCUT2D eigenvalue weighted by molar-refractivity contribution is 5.35. The van der Waals surface area contributed by atoms with E-state index in [2.05, 4.69) is 0 Å². The molecule has 0 saturated carbocycles. The van der Waals surface area contributed by atoms with E-state index in [4.69, 9.17) is 0 Å². The molecule has 1 aliphatic rings. The van der Waals surface area contributed by atoms with E-state index in [1.165, 1.54) is 0 Å². The van der Waals surface area contributed by atoms with Crippen LogP contribution in [0.1, 0.15) is 34.1 Å². The van der Waals surface area contributed by atoms with Crippen molar-refractivity contribution in [3.05, 3.63) is 35.5 Å². The van der Waals surface area contributed by atoms with Crippen LogP contribution in [-0.4, -0.2) is 21.4 Å². The predicted octanol–water partition coefficient (Wildman–Crippen LogP) is 2.34. The molecule has 0 aliphatic heterocycles. The minimum atomic E-state index is -0.834.